The fraction of sp³-hybridized carbons (Fsp3) is 0.310. The van der Waals surface area contributed by atoms with E-state index in [9.17, 15) is 9.18 Å². The minimum atomic E-state index is -1.27. The van der Waals surface area contributed by atoms with Crippen molar-refractivity contribution < 1.29 is 23.8 Å². The number of hydrogen-bond acceptors (Lipinski definition) is 6. The van der Waals surface area contributed by atoms with Gasteiger partial charge in [-0.3, -0.25) is 4.79 Å². The predicted molar refractivity (Wildman–Crippen MR) is 145 cm³/mol. The van der Waals surface area contributed by atoms with Crippen molar-refractivity contribution in [3.63, 3.8) is 0 Å². The number of amides is 1. The molecule has 3 aromatic carbocycles. The topological polar surface area (TPSA) is 129 Å². The summed E-state index contributed by atoms with van der Waals surface area (Å²) < 4.78 is 25.6. The van der Waals surface area contributed by atoms with Gasteiger partial charge in [0.1, 0.15) is 18.2 Å². The number of aliphatic hydroxyl groups is 1. The van der Waals surface area contributed by atoms with E-state index in [-0.39, 0.29) is 44.4 Å². The Labute approximate surface area is 225 Å². The highest BCUT2D eigenvalue weighted by molar-refractivity contribution is 6.00. The molecule has 1 aliphatic rings. The fourth-order valence-electron chi connectivity index (χ4n) is 4.31. The molecule has 0 radical (unpaired) electrons. The highest BCUT2D eigenvalue weighted by Gasteiger charge is 2.44. The van der Waals surface area contributed by atoms with Crippen molar-refractivity contribution in [2.45, 2.75) is 31.3 Å². The maximum atomic E-state index is 14.1. The lowest BCUT2D eigenvalue weighted by Gasteiger charge is -2.24. The van der Waals surface area contributed by atoms with E-state index in [2.05, 4.69) is 15.3 Å². The van der Waals surface area contributed by atoms with Crippen LogP contribution in [0.1, 0.15) is 28.7 Å². The predicted octanol–water partition coefficient (Wildman–Crippen LogP) is 4.51. The molecule has 0 spiro atoms. The molecule has 0 aliphatic carbocycles. The van der Waals surface area contributed by atoms with E-state index in [1.165, 1.54) is 6.07 Å². The van der Waals surface area contributed by atoms with Gasteiger partial charge in [-0.2, -0.15) is 0 Å². The first-order valence-electron chi connectivity index (χ1n) is 12.7. The van der Waals surface area contributed by atoms with E-state index in [1.54, 1.807) is 42.5 Å². The van der Waals surface area contributed by atoms with Gasteiger partial charge in [0.15, 0.2) is 5.54 Å². The number of rotatable bonds is 13. The number of benzene rings is 3. The zero-order valence-corrected chi connectivity index (χ0v) is 21.4. The third-order valence-electron chi connectivity index (χ3n) is 6.40. The van der Waals surface area contributed by atoms with Gasteiger partial charge < -0.3 is 19.9 Å². The van der Waals surface area contributed by atoms with Crippen molar-refractivity contribution in [1.82, 2.24) is 5.32 Å². The molecule has 3 aromatic rings. The molecule has 1 heterocycles. The summed E-state index contributed by atoms with van der Waals surface area (Å²) in [4.78, 5) is 21.3. The number of ether oxygens (including phenoxy) is 2. The zero-order valence-electron chi connectivity index (χ0n) is 21.4. The molecule has 2 N–H and O–H groups in total. The Morgan fingerprint density at radius 1 is 1.10 bits per heavy atom. The molecule has 0 aromatic heterocycles. The van der Waals surface area contributed by atoms with Gasteiger partial charge in [0.25, 0.3) is 5.91 Å². The molecular formula is C29H30FN5O4. The van der Waals surface area contributed by atoms with Crippen LogP contribution in [0.3, 0.4) is 0 Å². The lowest BCUT2D eigenvalue weighted by Crippen LogP contribution is -2.49. The molecule has 0 fully saturated rings. The quantitative estimate of drug-likeness (QED) is 0.145. The fourth-order valence-corrected chi connectivity index (χ4v) is 4.31. The molecule has 1 aliphatic heterocycles. The summed E-state index contributed by atoms with van der Waals surface area (Å²) in [5, 5.41) is 15.5. The average Bonchev–Trinajstić information content (AvgIpc) is 3.39. The molecule has 1 amide bonds. The number of aliphatic imine (C=N–C) groups is 1. The lowest BCUT2D eigenvalue weighted by molar-refractivity contribution is -0.126. The van der Waals surface area contributed by atoms with E-state index in [0.29, 0.717) is 42.2 Å². The van der Waals surface area contributed by atoms with E-state index < -0.39 is 5.54 Å². The Kier molecular flexibility index (Phi) is 9.50. The summed E-state index contributed by atoms with van der Waals surface area (Å²) in [6, 6.07) is 21.1. The van der Waals surface area contributed by atoms with Crippen LogP contribution >= 0.6 is 0 Å². The van der Waals surface area contributed by atoms with Crippen molar-refractivity contribution in [2.75, 3.05) is 26.4 Å². The number of carbonyl (C=O) groups excluding carboxylic acids is 1. The number of nitrogens with zero attached hydrogens (tertiary/aromatic N) is 4. The summed E-state index contributed by atoms with van der Waals surface area (Å²) in [5.41, 5.74) is 10.3. The van der Waals surface area contributed by atoms with Crippen LogP contribution in [-0.4, -0.2) is 48.8 Å². The third-order valence-corrected chi connectivity index (χ3v) is 6.40. The summed E-state index contributed by atoms with van der Waals surface area (Å²) in [6.45, 7) is 0.843. The average molecular weight is 532 g/mol. The molecule has 9 nitrogen and oxygen atoms in total. The second kappa shape index (κ2) is 13.4. The standard InChI is InChI=1S/C29H30FN5O4/c30-26-9-4-3-6-21(26)14-15-32-28(37)29(18-23-7-1-2-8-24(23)19-33-35-31)20-39-27(34-29)22-10-12-25(13-11-22)38-17-5-16-36/h1-4,6-13,36H,5,14-20H2,(H,32,37)/t29-/m1/s1. The molecule has 39 heavy (non-hydrogen) atoms. The minimum Gasteiger partial charge on any atom is -0.494 e. The first kappa shape index (κ1) is 27.6. The van der Waals surface area contributed by atoms with Gasteiger partial charge >= 0.3 is 0 Å². The zero-order chi connectivity index (χ0) is 27.5. The summed E-state index contributed by atoms with van der Waals surface area (Å²) >= 11 is 0. The van der Waals surface area contributed by atoms with Crippen molar-refractivity contribution >= 4 is 11.8 Å². The molecule has 1 atom stereocenters. The van der Waals surface area contributed by atoms with Crippen LogP contribution in [0.25, 0.3) is 10.4 Å². The van der Waals surface area contributed by atoms with E-state index in [1.807, 2.05) is 24.3 Å². The van der Waals surface area contributed by atoms with Gasteiger partial charge in [-0.1, -0.05) is 47.6 Å². The minimum absolute atomic E-state index is 0.0124. The number of halogens is 1. The SMILES string of the molecule is [N-]=[N+]=NCc1ccccc1C[C@]1(C(=O)NCCc2ccccc2F)COC(c2ccc(OCCCO)cc2)=N1. The maximum absolute atomic E-state index is 14.1. The number of hydrogen-bond donors (Lipinski definition) is 2. The van der Waals surface area contributed by atoms with Crippen LogP contribution in [0.2, 0.25) is 0 Å². The van der Waals surface area contributed by atoms with Gasteiger partial charge in [0.05, 0.1) is 13.2 Å². The number of carbonyl (C=O) groups is 1. The molecular weight excluding hydrogens is 501 g/mol. The van der Waals surface area contributed by atoms with Crippen molar-refractivity contribution in [3.05, 3.63) is 111 Å². The Morgan fingerprint density at radius 3 is 2.54 bits per heavy atom. The van der Waals surface area contributed by atoms with Crippen molar-refractivity contribution in [3.8, 4) is 5.75 Å². The van der Waals surface area contributed by atoms with Crippen LogP contribution in [0.5, 0.6) is 5.75 Å². The molecule has 0 bridgehead atoms. The van der Waals surface area contributed by atoms with Gasteiger partial charge in [-0.15, -0.1) is 0 Å². The smallest absolute Gasteiger partial charge is 0.251 e. The molecule has 0 unspecified atom stereocenters. The number of azide groups is 1. The normalized spacial score (nSPS) is 16.1. The van der Waals surface area contributed by atoms with Crippen LogP contribution in [0.4, 0.5) is 4.39 Å². The first-order valence-corrected chi connectivity index (χ1v) is 12.7. The Balaban J connectivity index is 1.57. The maximum Gasteiger partial charge on any atom is 0.251 e. The molecule has 202 valence electrons. The molecule has 0 saturated carbocycles. The van der Waals surface area contributed by atoms with E-state index in [0.717, 1.165) is 11.1 Å². The third kappa shape index (κ3) is 7.13. The van der Waals surface area contributed by atoms with Crippen LogP contribution in [0.15, 0.2) is 82.9 Å². The molecule has 10 heteroatoms. The van der Waals surface area contributed by atoms with Crippen LogP contribution < -0.4 is 10.1 Å². The highest BCUT2D eigenvalue weighted by atomic mass is 19.1. The summed E-state index contributed by atoms with van der Waals surface area (Å²) in [6.07, 6.45) is 1.09. The lowest BCUT2D eigenvalue weighted by atomic mass is 9.89. The molecule has 4 rings (SSSR count). The Morgan fingerprint density at radius 2 is 1.82 bits per heavy atom. The van der Waals surface area contributed by atoms with Crippen molar-refractivity contribution in [2.24, 2.45) is 10.1 Å². The van der Waals surface area contributed by atoms with Crippen LogP contribution in [0, 0.1) is 5.82 Å². The van der Waals surface area contributed by atoms with Gasteiger partial charge in [0.2, 0.25) is 5.90 Å². The first-order chi connectivity index (χ1) is 19.0. The van der Waals surface area contributed by atoms with Gasteiger partial charge in [-0.25, -0.2) is 9.38 Å². The monoisotopic (exact) mass is 531 g/mol. The second-order valence-electron chi connectivity index (χ2n) is 9.12. The Bertz CT molecular complexity index is 1360. The number of aliphatic hydroxyl groups excluding tert-OH is 1. The van der Waals surface area contributed by atoms with Crippen molar-refractivity contribution in [1.29, 1.82) is 0 Å². The van der Waals surface area contributed by atoms with E-state index in [4.69, 9.17) is 25.1 Å². The number of nitrogens with one attached hydrogen (secondary N) is 1. The van der Waals surface area contributed by atoms with Gasteiger partial charge in [0, 0.05) is 36.5 Å². The Hall–Kier alpha value is -4.40. The van der Waals surface area contributed by atoms with E-state index >= 15 is 0 Å². The highest BCUT2D eigenvalue weighted by Crippen LogP contribution is 2.29. The molecule has 0 saturated heterocycles. The van der Waals surface area contributed by atoms with Crippen LogP contribution in [-0.2, 0) is 28.9 Å². The summed E-state index contributed by atoms with van der Waals surface area (Å²) in [5.74, 6) is 0.321. The summed E-state index contributed by atoms with van der Waals surface area (Å²) in [7, 11) is 0. The van der Waals surface area contributed by atoms with Gasteiger partial charge in [-0.05, 0) is 59.0 Å². The largest absolute Gasteiger partial charge is 0.494 e. The second-order valence-corrected chi connectivity index (χ2v) is 9.12.